The zero-order chi connectivity index (χ0) is 16.4. The van der Waals surface area contributed by atoms with Crippen molar-refractivity contribution in [2.75, 3.05) is 32.8 Å². The number of piperazine rings is 1. The second-order valence-electron chi connectivity index (χ2n) is 5.14. The van der Waals surface area contributed by atoms with Gasteiger partial charge in [-0.05, 0) is 30.6 Å². The fraction of sp³-hybridized carbons (Fsp3) is 0.400. The Hall–Kier alpha value is -2.35. The van der Waals surface area contributed by atoms with Gasteiger partial charge in [0.15, 0.2) is 0 Å². The number of nitrogens with zero attached hydrogens (tertiary/aromatic N) is 3. The smallest absolute Gasteiger partial charge is 0.409 e. The fourth-order valence-electron chi connectivity index (χ4n) is 2.52. The number of benzene rings is 1. The van der Waals surface area contributed by atoms with E-state index in [4.69, 9.17) is 4.74 Å². The molecule has 0 unspecified atom stereocenters. The summed E-state index contributed by atoms with van der Waals surface area (Å²) in [5.41, 5.74) is -0.288. The van der Waals surface area contributed by atoms with E-state index < -0.39 is 0 Å². The van der Waals surface area contributed by atoms with Crippen molar-refractivity contribution in [2.24, 2.45) is 0 Å². The van der Waals surface area contributed by atoms with Crippen molar-refractivity contribution in [3.8, 4) is 0 Å². The normalized spacial score (nSPS) is 15.0. The Bertz CT molecular complexity index is 789. The van der Waals surface area contributed by atoms with Crippen molar-refractivity contribution in [1.82, 2.24) is 13.8 Å². The Morgan fingerprint density at radius 1 is 1.13 bits per heavy atom. The third-order valence-electron chi connectivity index (χ3n) is 3.74. The molecule has 23 heavy (non-hydrogen) atoms. The van der Waals surface area contributed by atoms with Crippen molar-refractivity contribution in [3.05, 3.63) is 34.6 Å². The van der Waals surface area contributed by atoms with Gasteiger partial charge in [-0.1, -0.05) is 12.1 Å². The molecule has 1 saturated heterocycles. The van der Waals surface area contributed by atoms with E-state index in [2.05, 4.69) is 0 Å². The van der Waals surface area contributed by atoms with Crippen LogP contribution in [0.5, 0.6) is 0 Å². The number of aromatic nitrogens is 1. The first kappa shape index (κ1) is 15.5. The van der Waals surface area contributed by atoms with E-state index in [1.54, 1.807) is 28.9 Å². The first-order chi connectivity index (χ1) is 11.1. The van der Waals surface area contributed by atoms with Gasteiger partial charge in [0.2, 0.25) is 0 Å². The second kappa shape index (κ2) is 6.41. The number of fused-ring (bicyclic) bond motifs is 1. The molecule has 1 aliphatic heterocycles. The zero-order valence-corrected chi connectivity index (χ0v) is 13.5. The molecule has 1 aromatic carbocycles. The van der Waals surface area contributed by atoms with Crippen LogP contribution in [0.4, 0.5) is 9.59 Å². The molecule has 0 saturated carbocycles. The first-order valence-electron chi connectivity index (χ1n) is 7.44. The Balaban J connectivity index is 1.73. The Morgan fingerprint density at radius 3 is 2.43 bits per heavy atom. The molecule has 1 fully saturated rings. The Morgan fingerprint density at radius 2 is 1.78 bits per heavy atom. The number of ether oxygens (including phenoxy) is 1. The van der Waals surface area contributed by atoms with Gasteiger partial charge in [0.25, 0.3) is 5.56 Å². The molecular formula is C15H17N3O4S. The van der Waals surface area contributed by atoms with Crippen molar-refractivity contribution in [2.45, 2.75) is 6.92 Å². The number of hydrogen-bond donors (Lipinski definition) is 0. The predicted octanol–water partition coefficient (Wildman–Crippen LogP) is 1.81. The molecule has 0 atom stereocenters. The van der Waals surface area contributed by atoms with E-state index in [0.717, 1.165) is 16.2 Å². The maximum Gasteiger partial charge on any atom is 0.409 e. The summed E-state index contributed by atoms with van der Waals surface area (Å²) in [6.45, 7) is 3.67. The maximum atomic E-state index is 12.6. The molecule has 0 spiro atoms. The molecule has 3 rings (SSSR count). The van der Waals surface area contributed by atoms with Gasteiger partial charge >= 0.3 is 12.1 Å². The van der Waals surface area contributed by atoms with Gasteiger partial charge in [-0.2, -0.15) is 3.96 Å². The summed E-state index contributed by atoms with van der Waals surface area (Å²) >= 11 is 1.15. The average Bonchev–Trinajstić information content (AvgIpc) is 2.92. The molecule has 1 aliphatic rings. The number of rotatable bonds is 1. The molecule has 0 aliphatic carbocycles. The van der Waals surface area contributed by atoms with E-state index in [-0.39, 0.29) is 17.7 Å². The third-order valence-corrected chi connectivity index (χ3v) is 4.80. The molecule has 7 nitrogen and oxygen atoms in total. The van der Waals surface area contributed by atoms with E-state index in [9.17, 15) is 14.4 Å². The maximum absolute atomic E-state index is 12.6. The summed E-state index contributed by atoms with van der Waals surface area (Å²) in [6.07, 6.45) is -0.362. The highest BCUT2D eigenvalue weighted by Gasteiger charge is 2.27. The van der Waals surface area contributed by atoms with Gasteiger partial charge in [0.1, 0.15) is 0 Å². The van der Waals surface area contributed by atoms with E-state index >= 15 is 0 Å². The molecular weight excluding hydrogens is 318 g/mol. The summed E-state index contributed by atoms with van der Waals surface area (Å²) in [4.78, 5) is 39.7. The zero-order valence-electron chi connectivity index (χ0n) is 12.7. The summed E-state index contributed by atoms with van der Waals surface area (Å²) < 4.78 is 6.92. The van der Waals surface area contributed by atoms with Crippen LogP contribution in [-0.4, -0.2) is 58.7 Å². The van der Waals surface area contributed by atoms with Crippen LogP contribution in [0, 0.1) is 0 Å². The molecule has 8 heteroatoms. The summed E-state index contributed by atoms with van der Waals surface area (Å²) in [5, 5.41) is 0.552. The van der Waals surface area contributed by atoms with Gasteiger partial charge in [0.05, 0.1) is 16.7 Å². The minimum atomic E-state index is -0.362. The predicted molar refractivity (Wildman–Crippen MR) is 87.0 cm³/mol. The van der Waals surface area contributed by atoms with E-state index in [1.807, 2.05) is 12.1 Å². The monoisotopic (exact) mass is 335 g/mol. The van der Waals surface area contributed by atoms with Gasteiger partial charge in [-0.25, -0.2) is 9.59 Å². The standard InChI is InChI=1S/C15H17N3O4S/c1-2-22-15(21)17-9-7-16(8-10-17)14(20)18-13(19)11-5-3-4-6-12(11)23-18/h3-6H,2,7-10H2,1H3. The average molecular weight is 335 g/mol. The topological polar surface area (TPSA) is 71.8 Å². The highest BCUT2D eigenvalue weighted by Crippen LogP contribution is 2.17. The van der Waals surface area contributed by atoms with Gasteiger partial charge in [-0.3, -0.25) is 4.79 Å². The molecule has 2 aromatic rings. The Kier molecular flexibility index (Phi) is 4.33. The van der Waals surface area contributed by atoms with E-state index in [0.29, 0.717) is 38.2 Å². The highest BCUT2D eigenvalue weighted by molar-refractivity contribution is 7.14. The van der Waals surface area contributed by atoms with Crippen LogP contribution in [-0.2, 0) is 4.74 Å². The molecule has 0 N–H and O–H groups in total. The third kappa shape index (κ3) is 2.94. The SMILES string of the molecule is CCOC(=O)N1CCN(C(=O)n2sc3ccccc3c2=O)CC1. The van der Waals surface area contributed by atoms with Crippen molar-refractivity contribution in [1.29, 1.82) is 0 Å². The van der Waals surface area contributed by atoms with Gasteiger partial charge < -0.3 is 14.5 Å². The van der Waals surface area contributed by atoms with Crippen LogP contribution in [0.25, 0.3) is 10.1 Å². The molecule has 1 aromatic heterocycles. The minimum Gasteiger partial charge on any atom is -0.450 e. The van der Waals surface area contributed by atoms with Crippen LogP contribution in [0.3, 0.4) is 0 Å². The lowest BCUT2D eigenvalue weighted by Crippen LogP contribution is -2.52. The number of amides is 2. The van der Waals surface area contributed by atoms with Crippen LogP contribution < -0.4 is 5.56 Å². The van der Waals surface area contributed by atoms with Crippen LogP contribution in [0.2, 0.25) is 0 Å². The fourth-order valence-corrected chi connectivity index (χ4v) is 3.49. The largest absolute Gasteiger partial charge is 0.450 e. The van der Waals surface area contributed by atoms with Crippen LogP contribution in [0.15, 0.2) is 29.1 Å². The molecule has 0 radical (unpaired) electrons. The quantitative estimate of drug-likeness (QED) is 0.797. The summed E-state index contributed by atoms with van der Waals surface area (Å²) in [5.74, 6) is 0. The Labute approximate surface area is 136 Å². The number of carbonyl (C=O) groups excluding carboxylic acids is 2. The molecule has 2 amide bonds. The molecule has 2 heterocycles. The second-order valence-corrected chi connectivity index (χ2v) is 6.13. The summed E-state index contributed by atoms with van der Waals surface area (Å²) in [7, 11) is 0. The van der Waals surface area contributed by atoms with Crippen molar-refractivity contribution < 1.29 is 14.3 Å². The lowest BCUT2D eigenvalue weighted by atomic mass is 10.3. The van der Waals surface area contributed by atoms with Crippen molar-refractivity contribution in [3.63, 3.8) is 0 Å². The van der Waals surface area contributed by atoms with Crippen molar-refractivity contribution >= 4 is 33.7 Å². The highest BCUT2D eigenvalue weighted by atomic mass is 32.1. The summed E-state index contributed by atoms with van der Waals surface area (Å²) in [6, 6.07) is 6.83. The van der Waals surface area contributed by atoms with E-state index in [1.165, 1.54) is 3.96 Å². The number of hydrogen-bond acceptors (Lipinski definition) is 5. The van der Waals surface area contributed by atoms with Crippen LogP contribution in [0.1, 0.15) is 6.92 Å². The molecule has 122 valence electrons. The lowest BCUT2D eigenvalue weighted by molar-refractivity contribution is 0.0856. The minimum absolute atomic E-state index is 0.288. The van der Waals surface area contributed by atoms with Gasteiger partial charge in [0, 0.05) is 26.2 Å². The lowest BCUT2D eigenvalue weighted by Gasteiger charge is -2.33. The first-order valence-corrected chi connectivity index (χ1v) is 8.21. The van der Waals surface area contributed by atoms with Gasteiger partial charge in [-0.15, -0.1) is 0 Å². The van der Waals surface area contributed by atoms with Crippen LogP contribution >= 0.6 is 11.5 Å². The number of carbonyl (C=O) groups is 2. The molecule has 0 bridgehead atoms.